The summed E-state index contributed by atoms with van der Waals surface area (Å²) in [5.41, 5.74) is 0. The first-order valence-electron chi connectivity index (χ1n) is 4.93. The SMILES string of the molecule is CCCCOCCNC(=O)/C=C\C(=O)O. The van der Waals surface area contributed by atoms with Crippen LogP contribution in [0.2, 0.25) is 0 Å². The van der Waals surface area contributed by atoms with Crippen LogP contribution in [0.3, 0.4) is 0 Å². The van der Waals surface area contributed by atoms with Gasteiger partial charge in [0, 0.05) is 25.3 Å². The van der Waals surface area contributed by atoms with Gasteiger partial charge in [-0.15, -0.1) is 0 Å². The van der Waals surface area contributed by atoms with E-state index in [0.717, 1.165) is 25.0 Å². The van der Waals surface area contributed by atoms with Crippen molar-refractivity contribution >= 4 is 11.9 Å². The molecule has 0 radical (unpaired) electrons. The fraction of sp³-hybridized carbons (Fsp3) is 0.600. The van der Waals surface area contributed by atoms with E-state index in [2.05, 4.69) is 12.2 Å². The van der Waals surface area contributed by atoms with Crippen molar-refractivity contribution in [2.24, 2.45) is 0 Å². The third-order valence-corrected chi connectivity index (χ3v) is 1.57. The van der Waals surface area contributed by atoms with Gasteiger partial charge in [-0.25, -0.2) is 4.79 Å². The van der Waals surface area contributed by atoms with Gasteiger partial charge < -0.3 is 15.2 Å². The van der Waals surface area contributed by atoms with Crippen molar-refractivity contribution < 1.29 is 19.4 Å². The van der Waals surface area contributed by atoms with Crippen LogP contribution in [0.4, 0.5) is 0 Å². The topological polar surface area (TPSA) is 75.6 Å². The predicted molar refractivity (Wildman–Crippen MR) is 55.5 cm³/mol. The van der Waals surface area contributed by atoms with E-state index in [0.29, 0.717) is 19.8 Å². The van der Waals surface area contributed by atoms with Gasteiger partial charge in [-0.2, -0.15) is 0 Å². The smallest absolute Gasteiger partial charge is 0.328 e. The van der Waals surface area contributed by atoms with Crippen molar-refractivity contribution in [3.63, 3.8) is 0 Å². The number of unbranched alkanes of at least 4 members (excludes halogenated alkanes) is 1. The highest BCUT2D eigenvalue weighted by atomic mass is 16.5. The maximum absolute atomic E-state index is 10.9. The lowest BCUT2D eigenvalue weighted by molar-refractivity contribution is -0.131. The molecule has 0 aliphatic heterocycles. The molecule has 0 rings (SSSR count). The standard InChI is InChI=1S/C10H17NO4/c1-2-3-7-15-8-6-11-9(12)4-5-10(13)14/h4-5H,2-3,6-8H2,1H3,(H,11,12)(H,13,14)/b5-4-. The summed E-state index contributed by atoms with van der Waals surface area (Å²) in [6.07, 6.45) is 3.86. The zero-order valence-corrected chi connectivity index (χ0v) is 8.86. The number of hydrogen-bond acceptors (Lipinski definition) is 3. The van der Waals surface area contributed by atoms with E-state index in [4.69, 9.17) is 9.84 Å². The molecule has 0 aromatic heterocycles. The Kier molecular flexibility index (Phi) is 8.37. The maximum atomic E-state index is 10.9. The Hall–Kier alpha value is -1.36. The van der Waals surface area contributed by atoms with E-state index >= 15 is 0 Å². The molecule has 0 atom stereocenters. The van der Waals surface area contributed by atoms with E-state index in [1.807, 2.05) is 0 Å². The molecule has 86 valence electrons. The molecule has 0 heterocycles. The number of ether oxygens (including phenoxy) is 1. The minimum atomic E-state index is -1.13. The molecule has 0 aromatic carbocycles. The average Bonchev–Trinajstić information content (AvgIpc) is 2.20. The van der Waals surface area contributed by atoms with Crippen LogP contribution in [-0.2, 0) is 14.3 Å². The van der Waals surface area contributed by atoms with Gasteiger partial charge in [0.05, 0.1) is 6.61 Å². The Morgan fingerprint density at radius 1 is 1.33 bits per heavy atom. The molecule has 2 N–H and O–H groups in total. The highest BCUT2D eigenvalue weighted by Crippen LogP contribution is 1.86. The third kappa shape index (κ3) is 10.6. The largest absolute Gasteiger partial charge is 0.478 e. The molecule has 0 bridgehead atoms. The molecule has 0 aliphatic carbocycles. The summed E-state index contributed by atoms with van der Waals surface area (Å²) in [6.45, 7) is 3.61. The number of amides is 1. The van der Waals surface area contributed by atoms with Crippen molar-refractivity contribution in [1.82, 2.24) is 5.32 Å². The lowest BCUT2D eigenvalue weighted by Gasteiger charge is -2.03. The number of carbonyl (C=O) groups excluding carboxylic acids is 1. The molecule has 0 saturated heterocycles. The summed E-state index contributed by atoms with van der Waals surface area (Å²) >= 11 is 0. The molecule has 0 unspecified atom stereocenters. The average molecular weight is 215 g/mol. The van der Waals surface area contributed by atoms with E-state index in [1.165, 1.54) is 0 Å². The van der Waals surface area contributed by atoms with Crippen LogP contribution in [0.25, 0.3) is 0 Å². The Morgan fingerprint density at radius 3 is 2.67 bits per heavy atom. The van der Waals surface area contributed by atoms with Crippen molar-refractivity contribution in [3.8, 4) is 0 Å². The molecule has 0 aliphatic rings. The number of rotatable bonds is 8. The van der Waals surface area contributed by atoms with E-state index < -0.39 is 11.9 Å². The second kappa shape index (κ2) is 9.21. The minimum Gasteiger partial charge on any atom is -0.478 e. The summed E-state index contributed by atoms with van der Waals surface area (Å²) in [5, 5.41) is 10.7. The van der Waals surface area contributed by atoms with Gasteiger partial charge in [-0.3, -0.25) is 4.79 Å². The van der Waals surface area contributed by atoms with Crippen molar-refractivity contribution in [2.45, 2.75) is 19.8 Å². The molecule has 5 nitrogen and oxygen atoms in total. The second-order valence-electron chi connectivity index (χ2n) is 2.93. The highest BCUT2D eigenvalue weighted by molar-refractivity contribution is 5.93. The van der Waals surface area contributed by atoms with Gasteiger partial charge in [0.15, 0.2) is 0 Å². The Morgan fingerprint density at radius 2 is 2.07 bits per heavy atom. The first-order chi connectivity index (χ1) is 7.16. The number of nitrogens with one attached hydrogen (secondary N) is 1. The first-order valence-corrected chi connectivity index (χ1v) is 4.93. The number of carbonyl (C=O) groups is 2. The van der Waals surface area contributed by atoms with E-state index in [9.17, 15) is 9.59 Å². The summed E-state index contributed by atoms with van der Waals surface area (Å²) < 4.78 is 5.19. The van der Waals surface area contributed by atoms with Gasteiger partial charge in [-0.05, 0) is 6.42 Å². The summed E-state index contributed by atoms with van der Waals surface area (Å²) in [5.74, 6) is -1.55. The quantitative estimate of drug-likeness (QED) is 0.458. The van der Waals surface area contributed by atoms with Crippen LogP contribution in [-0.4, -0.2) is 36.7 Å². The lowest BCUT2D eigenvalue weighted by atomic mass is 10.4. The predicted octanol–water partition coefficient (Wildman–Crippen LogP) is 0.560. The highest BCUT2D eigenvalue weighted by Gasteiger charge is 1.95. The van der Waals surface area contributed by atoms with Crippen molar-refractivity contribution in [2.75, 3.05) is 19.8 Å². The van der Waals surface area contributed by atoms with Crippen LogP contribution in [0.5, 0.6) is 0 Å². The maximum Gasteiger partial charge on any atom is 0.328 e. The molecule has 15 heavy (non-hydrogen) atoms. The van der Waals surface area contributed by atoms with Crippen LogP contribution in [0, 0.1) is 0 Å². The molecule has 0 fully saturated rings. The van der Waals surface area contributed by atoms with Crippen LogP contribution >= 0.6 is 0 Å². The first kappa shape index (κ1) is 13.6. The van der Waals surface area contributed by atoms with Crippen LogP contribution in [0.1, 0.15) is 19.8 Å². The molecule has 0 saturated carbocycles. The number of carboxylic acid groups (broad SMARTS) is 1. The second-order valence-corrected chi connectivity index (χ2v) is 2.93. The van der Waals surface area contributed by atoms with Crippen LogP contribution in [0.15, 0.2) is 12.2 Å². The molecule has 0 aromatic rings. The van der Waals surface area contributed by atoms with E-state index in [-0.39, 0.29) is 0 Å². The van der Waals surface area contributed by atoms with Gasteiger partial charge in [0.25, 0.3) is 0 Å². The number of aliphatic carboxylic acids is 1. The van der Waals surface area contributed by atoms with E-state index in [1.54, 1.807) is 0 Å². The normalized spacial score (nSPS) is 10.5. The lowest BCUT2D eigenvalue weighted by Crippen LogP contribution is -2.25. The summed E-state index contributed by atoms with van der Waals surface area (Å²) in [7, 11) is 0. The Balaban J connectivity index is 3.35. The Labute approximate surface area is 89.1 Å². The third-order valence-electron chi connectivity index (χ3n) is 1.57. The molecular weight excluding hydrogens is 198 g/mol. The minimum absolute atomic E-state index is 0.395. The molecule has 5 heteroatoms. The summed E-state index contributed by atoms with van der Waals surface area (Å²) in [6, 6.07) is 0. The molecule has 0 spiro atoms. The zero-order valence-electron chi connectivity index (χ0n) is 8.86. The Bertz CT molecular complexity index is 225. The zero-order chi connectivity index (χ0) is 11.5. The number of carboxylic acids is 1. The number of hydrogen-bond donors (Lipinski definition) is 2. The van der Waals surface area contributed by atoms with Crippen molar-refractivity contribution in [3.05, 3.63) is 12.2 Å². The van der Waals surface area contributed by atoms with Gasteiger partial charge in [0.1, 0.15) is 0 Å². The van der Waals surface area contributed by atoms with Crippen LogP contribution < -0.4 is 5.32 Å². The summed E-state index contributed by atoms with van der Waals surface area (Å²) in [4.78, 5) is 21.0. The molecular formula is C10H17NO4. The monoisotopic (exact) mass is 215 g/mol. The van der Waals surface area contributed by atoms with Crippen molar-refractivity contribution in [1.29, 1.82) is 0 Å². The fourth-order valence-electron chi connectivity index (χ4n) is 0.801. The van der Waals surface area contributed by atoms with Gasteiger partial charge in [-0.1, -0.05) is 13.3 Å². The molecule has 1 amide bonds. The fourth-order valence-corrected chi connectivity index (χ4v) is 0.801. The van der Waals surface area contributed by atoms with Gasteiger partial charge in [0.2, 0.25) is 5.91 Å². The van der Waals surface area contributed by atoms with Gasteiger partial charge >= 0.3 is 5.97 Å².